The van der Waals surface area contributed by atoms with Gasteiger partial charge in [-0.2, -0.15) is 0 Å². The van der Waals surface area contributed by atoms with Gasteiger partial charge in [-0.25, -0.2) is 4.79 Å². The second-order valence-electron chi connectivity index (χ2n) is 7.28. The van der Waals surface area contributed by atoms with Crippen molar-refractivity contribution in [2.24, 2.45) is 5.92 Å². The summed E-state index contributed by atoms with van der Waals surface area (Å²) in [7, 11) is 0. The van der Waals surface area contributed by atoms with E-state index in [9.17, 15) is 14.9 Å². The molecule has 0 spiro atoms. The van der Waals surface area contributed by atoms with Gasteiger partial charge in [-0.15, -0.1) is 0 Å². The number of carbonyl (C=O) groups excluding carboxylic acids is 1. The van der Waals surface area contributed by atoms with Gasteiger partial charge in [0.1, 0.15) is 6.61 Å². The van der Waals surface area contributed by atoms with Crippen molar-refractivity contribution < 1.29 is 14.5 Å². The maximum atomic E-state index is 13.0. The molecule has 1 aromatic heterocycles. The van der Waals surface area contributed by atoms with Gasteiger partial charge >= 0.3 is 5.97 Å². The van der Waals surface area contributed by atoms with Crippen LogP contribution in [0.1, 0.15) is 40.5 Å². The zero-order chi connectivity index (χ0) is 19.7. The third-order valence-corrected chi connectivity index (χ3v) is 5.20. The van der Waals surface area contributed by atoms with E-state index in [4.69, 9.17) is 9.72 Å². The second-order valence-corrected chi connectivity index (χ2v) is 7.28. The minimum atomic E-state index is -0.459. The Kier molecular flexibility index (Phi) is 4.77. The van der Waals surface area contributed by atoms with Crippen molar-refractivity contribution >= 4 is 22.6 Å². The molecule has 1 atom stereocenters. The molecule has 4 rings (SSSR count). The number of benzene rings is 2. The topological polar surface area (TPSA) is 82.3 Å². The molecule has 28 heavy (non-hydrogen) atoms. The normalized spacial score (nSPS) is 15.8. The predicted molar refractivity (Wildman–Crippen MR) is 105 cm³/mol. The molecule has 0 saturated heterocycles. The van der Waals surface area contributed by atoms with Crippen LogP contribution >= 0.6 is 0 Å². The van der Waals surface area contributed by atoms with Crippen LogP contribution in [0.2, 0.25) is 0 Å². The summed E-state index contributed by atoms with van der Waals surface area (Å²) in [4.78, 5) is 28.3. The summed E-state index contributed by atoms with van der Waals surface area (Å²) in [6.45, 7) is 2.16. The number of nitrogens with zero attached hydrogens (tertiary/aromatic N) is 2. The van der Waals surface area contributed by atoms with Gasteiger partial charge in [0, 0.05) is 23.2 Å². The van der Waals surface area contributed by atoms with E-state index in [0.29, 0.717) is 17.0 Å². The Balaban J connectivity index is 1.68. The second kappa shape index (κ2) is 7.38. The van der Waals surface area contributed by atoms with Crippen LogP contribution in [0.5, 0.6) is 0 Å². The fourth-order valence-electron chi connectivity index (χ4n) is 3.78. The average molecular weight is 376 g/mol. The molecule has 6 nitrogen and oxygen atoms in total. The van der Waals surface area contributed by atoms with Crippen LogP contribution in [0, 0.1) is 16.0 Å². The van der Waals surface area contributed by atoms with Gasteiger partial charge in [-0.3, -0.25) is 15.1 Å². The zero-order valence-electron chi connectivity index (χ0n) is 15.6. The number of fused-ring (bicyclic) bond motifs is 2. The van der Waals surface area contributed by atoms with Crippen LogP contribution in [0.25, 0.3) is 10.9 Å². The van der Waals surface area contributed by atoms with Crippen LogP contribution < -0.4 is 0 Å². The lowest BCUT2D eigenvalue weighted by Gasteiger charge is -2.24. The van der Waals surface area contributed by atoms with Gasteiger partial charge in [0.25, 0.3) is 5.69 Å². The first kappa shape index (κ1) is 18.1. The molecule has 1 heterocycles. The van der Waals surface area contributed by atoms with Gasteiger partial charge < -0.3 is 4.74 Å². The number of hydrogen-bond donors (Lipinski definition) is 0. The van der Waals surface area contributed by atoms with Crippen molar-refractivity contribution in [1.82, 2.24) is 4.98 Å². The molecule has 1 aliphatic rings. The number of pyridine rings is 1. The number of ether oxygens (including phenoxy) is 1. The number of carbonyl (C=O) groups is 1. The first-order valence-electron chi connectivity index (χ1n) is 9.34. The van der Waals surface area contributed by atoms with Crippen LogP contribution in [0.3, 0.4) is 0 Å². The van der Waals surface area contributed by atoms with Crippen LogP contribution in [0.15, 0.2) is 48.5 Å². The minimum Gasteiger partial charge on any atom is -0.457 e. The number of aryl methyl sites for hydroxylation is 1. The summed E-state index contributed by atoms with van der Waals surface area (Å²) in [6, 6.07) is 13.7. The van der Waals surface area contributed by atoms with E-state index < -0.39 is 10.9 Å². The van der Waals surface area contributed by atoms with Gasteiger partial charge in [0.2, 0.25) is 0 Å². The van der Waals surface area contributed by atoms with Crippen molar-refractivity contribution in [3.05, 3.63) is 81.0 Å². The fourth-order valence-corrected chi connectivity index (χ4v) is 3.78. The Morgan fingerprint density at radius 2 is 2.07 bits per heavy atom. The number of esters is 1. The van der Waals surface area contributed by atoms with E-state index in [1.165, 1.54) is 12.1 Å². The third kappa shape index (κ3) is 3.45. The molecule has 6 heteroatoms. The molecule has 1 aliphatic carbocycles. The monoisotopic (exact) mass is 376 g/mol. The lowest BCUT2D eigenvalue weighted by Crippen LogP contribution is -2.19. The largest absolute Gasteiger partial charge is 0.457 e. The maximum absolute atomic E-state index is 13.0. The Morgan fingerprint density at radius 1 is 1.25 bits per heavy atom. The number of para-hydroxylation sites is 1. The first-order chi connectivity index (χ1) is 13.5. The van der Waals surface area contributed by atoms with E-state index in [1.54, 1.807) is 12.1 Å². The van der Waals surface area contributed by atoms with Crippen molar-refractivity contribution in [1.29, 1.82) is 0 Å². The lowest BCUT2D eigenvalue weighted by atomic mass is 9.84. The molecule has 1 unspecified atom stereocenters. The summed E-state index contributed by atoms with van der Waals surface area (Å²) in [5, 5.41) is 11.7. The minimum absolute atomic E-state index is 0.0124. The summed E-state index contributed by atoms with van der Waals surface area (Å²) >= 11 is 0. The molecular formula is C22H20N2O4. The van der Waals surface area contributed by atoms with Crippen molar-refractivity contribution in [2.75, 3.05) is 0 Å². The highest BCUT2D eigenvalue weighted by Crippen LogP contribution is 2.32. The highest BCUT2D eigenvalue weighted by atomic mass is 16.6. The number of hydrogen-bond acceptors (Lipinski definition) is 5. The molecule has 0 saturated carbocycles. The van der Waals surface area contributed by atoms with Crippen LogP contribution in [-0.2, 0) is 24.2 Å². The SMILES string of the molecule is CC1CCc2nc3ccccc3c(C(=O)OCc3cccc([N+](=O)[O-])c3)c2C1. The molecule has 2 aromatic carbocycles. The van der Waals surface area contributed by atoms with Gasteiger partial charge in [-0.05, 0) is 42.4 Å². The number of nitro benzene ring substituents is 1. The number of non-ortho nitro benzene ring substituents is 1. The standard InChI is InChI=1S/C22H20N2O4/c1-14-9-10-20-18(11-14)21(17-7-2-3-8-19(17)23-20)22(25)28-13-15-5-4-6-16(12-15)24(26)27/h2-8,12,14H,9-11,13H2,1H3. The highest BCUT2D eigenvalue weighted by molar-refractivity contribution is 6.05. The van der Waals surface area contributed by atoms with Gasteiger partial charge in [0.05, 0.1) is 16.0 Å². The Labute approximate surface area is 162 Å². The van der Waals surface area contributed by atoms with E-state index in [2.05, 4.69) is 6.92 Å². The average Bonchev–Trinajstić information content (AvgIpc) is 2.70. The van der Waals surface area contributed by atoms with Crippen LogP contribution in [0.4, 0.5) is 5.69 Å². The smallest absolute Gasteiger partial charge is 0.339 e. The third-order valence-electron chi connectivity index (χ3n) is 5.20. The molecule has 0 aliphatic heterocycles. The molecular weight excluding hydrogens is 356 g/mol. The Hall–Kier alpha value is -3.28. The summed E-state index contributed by atoms with van der Waals surface area (Å²) in [5.41, 5.74) is 3.88. The molecule has 142 valence electrons. The van der Waals surface area contributed by atoms with Crippen molar-refractivity contribution in [2.45, 2.75) is 32.8 Å². The molecule has 0 radical (unpaired) electrons. The number of rotatable bonds is 4. The molecule has 0 amide bonds. The van der Waals surface area contributed by atoms with Gasteiger partial charge in [-0.1, -0.05) is 37.3 Å². The van der Waals surface area contributed by atoms with Gasteiger partial charge in [0.15, 0.2) is 0 Å². The number of aromatic nitrogens is 1. The highest BCUT2D eigenvalue weighted by Gasteiger charge is 2.26. The summed E-state index contributed by atoms with van der Waals surface area (Å²) in [6.07, 6.45) is 2.71. The van der Waals surface area contributed by atoms with E-state index in [0.717, 1.165) is 41.4 Å². The van der Waals surface area contributed by atoms with E-state index in [-0.39, 0.29) is 12.3 Å². The molecule has 3 aromatic rings. The number of nitro groups is 1. The van der Waals surface area contributed by atoms with E-state index in [1.807, 2.05) is 24.3 Å². The van der Waals surface area contributed by atoms with Crippen LogP contribution in [-0.4, -0.2) is 15.9 Å². The Bertz CT molecular complexity index is 1080. The molecule has 0 bridgehead atoms. The van der Waals surface area contributed by atoms with E-state index >= 15 is 0 Å². The predicted octanol–water partition coefficient (Wildman–Crippen LogP) is 4.62. The summed E-state index contributed by atoms with van der Waals surface area (Å²) < 4.78 is 5.57. The zero-order valence-corrected chi connectivity index (χ0v) is 15.6. The van der Waals surface area contributed by atoms with Crippen molar-refractivity contribution in [3.8, 4) is 0 Å². The fraction of sp³-hybridized carbons (Fsp3) is 0.273. The van der Waals surface area contributed by atoms with Crippen molar-refractivity contribution in [3.63, 3.8) is 0 Å². The summed E-state index contributed by atoms with van der Waals surface area (Å²) in [5.74, 6) is 0.0780. The molecule has 0 N–H and O–H groups in total. The lowest BCUT2D eigenvalue weighted by molar-refractivity contribution is -0.384. The first-order valence-corrected chi connectivity index (χ1v) is 9.34. The quantitative estimate of drug-likeness (QED) is 0.377. The Morgan fingerprint density at radius 3 is 2.89 bits per heavy atom. The molecule has 0 fully saturated rings. The maximum Gasteiger partial charge on any atom is 0.339 e.